The molecule has 0 spiro atoms. The summed E-state index contributed by atoms with van der Waals surface area (Å²) >= 11 is 5.70. The van der Waals surface area contributed by atoms with E-state index in [1.54, 1.807) is 6.92 Å². The van der Waals surface area contributed by atoms with Crippen molar-refractivity contribution in [2.75, 3.05) is 0 Å². The van der Waals surface area contributed by atoms with E-state index in [-0.39, 0.29) is 4.90 Å². The van der Waals surface area contributed by atoms with E-state index in [1.807, 2.05) is 13.8 Å². The molecule has 0 atom stereocenters. The van der Waals surface area contributed by atoms with E-state index in [2.05, 4.69) is 9.93 Å². The predicted octanol–water partition coefficient (Wildman–Crippen LogP) is 3.04. The van der Waals surface area contributed by atoms with Crippen LogP contribution in [0.4, 0.5) is 0 Å². The van der Waals surface area contributed by atoms with Crippen molar-refractivity contribution >= 4 is 27.3 Å². The van der Waals surface area contributed by atoms with Gasteiger partial charge in [-0.1, -0.05) is 25.4 Å². The number of sulfonamides is 1. The molecule has 6 heteroatoms. The van der Waals surface area contributed by atoms with Crippen molar-refractivity contribution in [2.45, 2.75) is 32.1 Å². The van der Waals surface area contributed by atoms with Crippen LogP contribution in [-0.2, 0) is 10.0 Å². The van der Waals surface area contributed by atoms with Crippen molar-refractivity contribution < 1.29 is 8.42 Å². The number of hydrazone groups is 1. The summed E-state index contributed by atoms with van der Waals surface area (Å²) in [6, 6.07) is 5.94. The molecule has 0 radical (unpaired) electrons. The van der Waals surface area contributed by atoms with Gasteiger partial charge in [-0.25, -0.2) is 4.83 Å². The highest BCUT2D eigenvalue weighted by Crippen LogP contribution is 2.13. The largest absolute Gasteiger partial charge is 0.276 e. The number of hydrogen-bond donors (Lipinski definition) is 1. The Hall–Kier alpha value is -1.07. The first-order chi connectivity index (χ1) is 8.31. The van der Waals surface area contributed by atoms with Gasteiger partial charge in [0.2, 0.25) is 0 Å². The molecule has 4 nitrogen and oxygen atoms in total. The summed E-state index contributed by atoms with van der Waals surface area (Å²) < 4.78 is 23.7. The van der Waals surface area contributed by atoms with Gasteiger partial charge in [0.15, 0.2) is 0 Å². The molecule has 0 unspecified atom stereocenters. The maximum atomic E-state index is 11.9. The van der Waals surface area contributed by atoms with Gasteiger partial charge < -0.3 is 0 Å². The Kier molecular flexibility index (Phi) is 5.16. The fourth-order valence-electron chi connectivity index (χ4n) is 1.44. The normalized spacial score (nSPS) is 12.8. The predicted molar refractivity (Wildman–Crippen MR) is 74.3 cm³/mol. The smallest absolute Gasteiger partial charge is 0.200 e. The number of benzene rings is 1. The number of hydrogen-bond acceptors (Lipinski definition) is 3. The number of nitrogens with zero attached hydrogens (tertiary/aromatic N) is 1. The molecule has 100 valence electrons. The molecule has 0 aliphatic carbocycles. The van der Waals surface area contributed by atoms with Gasteiger partial charge in [0.05, 0.1) is 4.90 Å². The second-order valence-corrected chi connectivity index (χ2v) is 6.59. The molecule has 0 saturated heterocycles. The van der Waals surface area contributed by atoms with Gasteiger partial charge in [0.1, 0.15) is 0 Å². The molecule has 0 aromatic heterocycles. The summed E-state index contributed by atoms with van der Waals surface area (Å²) in [4.78, 5) is 2.36. The minimum Gasteiger partial charge on any atom is -0.200 e. The third kappa shape index (κ3) is 4.66. The van der Waals surface area contributed by atoms with Gasteiger partial charge in [-0.3, -0.25) is 0 Å². The fourth-order valence-corrected chi connectivity index (χ4v) is 2.44. The quantitative estimate of drug-likeness (QED) is 0.669. The van der Waals surface area contributed by atoms with E-state index in [1.165, 1.54) is 24.3 Å². The Morgan fingerprint density at radius 2 is 1.89 bits per heavy atom. The maximum absolute atomic E-state index is 11.9. The van der Waals surface area contributed by atoms with Gasteiger partial charge >= 0.3 is 0 Å². The minimum atomic E-state index is -3.60. The lowest BCUT2D eigenvalue weighted by Gasteiger charge is -2.06. The molecule has 18 heavy (non-hydrogen) atoms. The van der Waals surface area contributed by atoms with Crippen LogP contribution >= 0.6 is 11.6 Å². The second-order valence-electron chi connectivity index (χ2n) is 4.49. The molecule has 1 N–H and O–H groups in total. The highest BCUT2D eigenvalue weighted by Gasteiger charge is 2.12. The molecule has 0 amide bonds. The third-order valence-corrected chi connectivity index (χ3v) is 3.66. The number of halogens is 1. The fraction of sp³-hybridized carbons (Fsp3) is 0.417. The summed E-state index contributed by atoms with van der Waals surface area (Å²) in [6.07, 6.45) is 0.753. The first-order valence-corrected chi connectivity index (χ1v) is 7.48. The van der Waals surface area contributed by atoms with Gasteiger partial charge in [0, 0.05) is 10.7 Å². The summed E-state index contributed by atoms with van der Waals surface area (Å²) in [5.41, 5.74) is 0.752. The van der Waals surface area contributed by atoms with Crippen molar-refractivity contribution in [3.05, 3.63) is 29.3 Å². The van der Waals surface area contributed by atoms with E-state index >= 15 is 0 Å². The van der Waals surface area contributed by atoms with Crippen molar-refractivity contribution in [3.63, 3.8) is 0 Å². The topological polar surface area (TPSA) is 58.5 Å². The SMILES string of the molecule is C/C(CC(C)C)=N\NS(=O)(=O)c1ccc(Cl)cc1. The summed E-state index contributed by atoms with van der Waals surface area (Å²) in [6.45, 7) is 5.89. The summed E-state index contributed by atoms with van der Waals surface area (Å²) in [5, 5.41) is 4.37. The summed E-state index contributed by atoms with van der Waals surface area (Å²) in [5.74, 6) is 0.439. The third-order valence-electron chi connectivity index (χ3n) is 2.18. The Labute approximate surface area is 113 Å². The van der Waals surface area contributed by atoms with Crippen LogP contribution in [0.1, 0.15) is 27.2 Å². The van der Waals surface area contributed by atoms with Crippen LogP contribution in [0.15, 0.2) is 34.3 Å². The molecule has 0 heterocycles. The molecule has 1 aromatic carbocycles. The summed E-state index contributed by atoms with van der Waals surface area (Å²) in [7, 11) is -3.60. The lowest BCUT2D eigenvalue weighted by Crippen LogP contribution is -2.20. The maximum Gasteiger partial charge on any atom is 0.276 e. The molecular formula is C12H17ClN2O2S. The van der Waals surface area contributed by atoms with Crippen LogP contribution in [0, 0.1) is 5.92 Å². The van der Waals surface area contributed by atoms with Crippen molar-refractivity contribution in [3.8, 4) is 0 Å². The minimum absolute atomic E-state index is 0.146. The first kappa shape index (κ1) is 15.0. The Morgan fingerprint density at radius 3 is 2.39 bits per heavy atom. The van der Waals surface area contributed by atoms with E-state index in [9.17, 15) is 8.42 Å². The van der Waals surface area contributed by atoms with Gasteiger partial charge in [-0.2, -0.15) is 13.5 Å². The van der Waals surface area contributed by atoms with Crippen molar-refractivity contribution in [1.29, 1.82) is 0 Å². The number of nitrogens with one attached hydrogen (secondary N) is 1. The van der Waals surface area contributed by atoms with E-state index in [0.29, 0.717) is 10.9 Å². The molecule has 0 fully saturated rings. The monoisotopic (exact) mass is 288 g/mol. The second kappa shape index (κ2) is 6.20. The van der Waals surface area contributed by atoms with Gasteiger partial charge in [-0.05, 0) is 43.5 Å². The van der Waals surface area contributed by atoms with Crippen LogP contribution in [0.25, 0.3) is 0 Å². The zero-order valence-electron chi connectivity index (χ0n) is 10.6. The van der Waals surface area contributed by atoms with Crippen LogP contribution in [0.5, 0.6) is 0 Å². The Bertz CT molecular complexity index is 522. The van der Waals surface area contributed by atoms with Crippen molar-refractivity contribution in [2.24, 2.45) is 11.0 Å². The molecule has 0 aliphatic rings. The molecule has 1 rings (SSSR count). The average Bonchev–Trinajstić information content (AvgIpc) is 2.26. The first-order valence-electron chi connectivity index (χ1n) is 5.62. The molecular weight excluding hydrogens is 272 g/mol. The average molecular weight is 289 g/mol. The highest BCUT2D eigenvalue weighted by atomic mass is 35.5. The lowest BCUT2D eigenvalue weighted by atomic mass is 10.1. The van der Waals surface area contributed by atoms with E-state index in [0.717, 1.165) is 12.1 Å². The molecule has 0 saturated carbocycles. The van der Waals surface area contributed by atoms with Gasteiger partial charge in [-0.15, -0.1) is 0 Å². The van der Waals surface area contributed by atoms with Gasteiger partial charge in [0.25, 0.3) is 10.0 Å². The lowest BCUT2D eigenvalue weighted by molar-refractivity contribution is 0.583. The Morgan fingerprint density at radius 1 is 1.33 bits per heavy atom. The van der Waals surface area contributed by atoms with Crippen molar-refractivity contribution in [1.82, 2.24) is 4.83 Å². The van der Waals surface area contributed by atoms with E-state index in [4.69, 9.17) is 11.6 Å². The van der Waals surface area contributed by atoms with E-state index < -0.39 is 10.0 Å². The zero-order valence-corrected chi connectivity index (χ0v) is 12.2. The molecule has 0 aliphatic heterocycles. The zero-order chi connectivity index (χ0) is 13.8. The molecule has 0 bridgehead atoms. The van der Waals surface area contributed by atoms with Crippen LogP contribution in [0.2, 0.25) is 5.02 Å². The van der Waals surface area contributed by atoms with Crippen LogP contribution < -0.4 is 4.83 Å². The standard InChI is InChI=1S/C12H17ClN2O2S/c1-9(2)8-10(3)14-15-18(16,17)12-6-4-11(13)5-7-12/h4-7,9,15H,8H2,1-3H3/b14-10+. The van der Waals surface area contributed by atoms with Crippen LogP contribution in [-0.4, -0.2) is 14.1 Å². The van der Waals surface area contributed by atoms with Crippen LogP contribution in [0.3, 0.4) is 0 Å². The highest BCUT2D eigenvalue weighted by molar-refractivity contribution is 7.89. The molecule has 1 aromatic rings. The number of rotatable bonds is 5. The Balaban J connectivity index is 2.80.